The number of rotatable bonds is 4. The van der Waals surface area contributed by atoms with Gasteiger partial charge in [0, 0.05) is 24.6 Å². The second-order valence-electron chi connectivity index (χ2n) is 5.56. The van der Waals surface area contributed by atoms with Gasteiger partial charge in [-0.05, 0) is 17.5 Å². The molecule has 0 spiro atoms. The second-order valence-corrected chi connectivity index (χ2v) is 5.56. The van der Waals surface area contributed by atoms with E-state index in [0.29, 0.717) is 12.1 Å². The van der Waals surface area contributed by atoms with Crippen LogP contribution < -0.4 is 10.6 Å². The van der Waals surface area contributed by atoms with Crippen LogP contribution in [0.25, 0.3) is 0 Å². The minimum absolute atomic E-state index is 0.162. The molecule has 2 unspecified atom stereocenters. The molecule has 1 aliphatic heterocycles. The fraction of sp³-hybridized carbons (Fsp3) is 0.467. The molecule has 5 heteroatoms. The number of benzene rings is 1. The molecule has 1 aromatic rings. The predicted octanol–water partition coefficient (Wildman–Crippen LogP) is 1.40. The summed E-state index contributed by atoms with van der Waals surface area (Å²) in [4.78, 5) is 25.2. The highest BCUT2D eigenvalue weighted by Crippen LogP contribution is 2.32. The molecule has 1 amide bonds. The Morgan fingerprint density at radius 1 is 1.40 bits per heavy atom. The number of carboxylic acid groups (broad SMARTS) is 1. The summed E-state index contributed by atoms with van der Waals surface area (Å²) in [5.74, 6) is -1.02. The smallest absolute Gasteiger partial charge is 0.327 e. The standard InChI is InChI=1S/C15H20N2O3/c1-9(2)11(16)8-14(18)17-12-6-4-3-5-10(12)7-13(17)15(19)20/h3-6,9,11,13H,7-8,16H2,1-2H3,(H,19,20). The van der Waals surface area contributed by atoms with Crippen LogP contribution in [0.15, 0.2) is 24.3 Å². The maximum Gasteiger partial charge on any atom is 0.327 e. The fourth-order valence-electron chi connectivity index (χ4n) is 2.43. The van der Waals surface area contributed by atoms with E-state index in [9.17, 15) is 14.7 Å². The molecule has 1 heterocycles. The van der Waals surface area contributed by atoms with Gasteiger partial charge in [0.05, 0.1) is 0 Å². The van der Waals surface area contributed by atoms with Crippen LogP contribution in [-0.2, 0) is 16.0 Å². The minimum atomic E-state index is -0.979. The zero-order chi connectivity index (χ0) is 14.9. The summed E-state index contributed by atoms with van der Waals surface area (Å²) < 4.78 is 0. The zero-order valence-corrected chi connectivity index (χ0v) is 11.7. The molecule has 1 aliphatic rings. The topological polar surface area (TPSA) is 83.6 Å². The molecule has 3 N–H and O–H groups in total. The lowest BCUT2D eigenvalue weighted by Crippen LogP contribution is -2.45. The van der Waals surface area contributed by atoms with E-state index >= 15 is 0 Å². The summed E-state index contributed by atoms with van der Waals surface area (Å²) in [7, 11) is 0. The average Bonchev–Trinajstić information content (AvgIpc) is 2.77. The van der Waals surface area contributed by atoms with Gasteiger partial charge in [0.2, 0.25) is 5.91 Å². The van der Waals surface area contributed by atoms with Crippen LogP contribution in [0.1, 0.15) is 25.8 Å². The predicted molar refractivity (Wildman–Crippen MR) is 76.5 cm³/mol. The number of nitrogens with two attached hydrogens (primary N) is 1. The van der Waals surface area contributed by atoms with Gasteiger partial charge in [-0.1, -0.05) is 32.0 Å². The van der Waals surface area contributed by atoms with E-state index in [4.69, 9.17) is 5.73 Å². The molecule has 0 fully saturated rings. The Bertz CT molecular complexity index is 528. The number of carbonyl (C=O) groups excluding carboxylic acids is 1. The van der Waals surface area contributed by atoms with Gasteiger partial charge in [0.1, 0.15) is 6.04 Å². The number of carboxylic acids is 1. The van der Waals surface area contributed by atoms with Crippen molar-refractivity contribution < 1.29 is 14.7 Å². The van der Waals surface area contributed by atoms with Crippen molar-refractivity contribution in [1.82, 2.24) is 0 Å². The summed E-state index contributed by atoms with van der Waals surface area (Å²) in [6.45, 7) is 3.90. The quantitative estimate of drug-likeness (QED) is 0.870. The van der Waals surface area contributed by atoms with Gasteiger partial charge in [-0.25, -0.2) is 4.79 Å². The van der Waals surface area contributed by atoms with Crippen LogP contribution in [0.3, 0.4) is 0 Å². The first-order valence-corrected chi connectivity index (χ1v) is 6.80. The maximum atomic E-state index is 12.4. The Hall–Kier alpha value is -1.88. The summed E-state index contributed by atoms with van der Waals surface area (Å²) in [6.07, 6.45) is 0.518. The number of para-hydroxylation sites is 1. The lowest BCUT2D eigenvalue weighted by Gasteiger charge is -2.25. The fourth-order valence-corrected chi connectivity index (χ4v) is 2.43. The molecule has 0 aromatic heterocycles. The van der Waals surface area contributed by atoms with Crippen LogP contribution in [0.2, 0.25) is 0 Å². The van der Waals surface area contributed by atoms with Gasteiger partial charge >= 0.3 is 5.97 Å². The first-order valence-electron chi connectivity index (χ1n) is 6.80. The van der Waals surface area contributed by atoms with Crippen LogP contribution >= 0.6 is 0 Å². The molecule has 20 heavy (non-hydrogen) atoms. The largest absolute Gasteiger partial charge is 0.480 e. The molecular formula is C15H20N2O3. The Labute approximate surface area is 118 Å². The molecule has 108 valence electrons. The second kappa shape index (κ2) is 5.63. The van der Waals surface area contributed by atoms with E-state index in [1.165, 1.54) is 4.90 Å². The molecule has 0 bridgehead atoms. The molecule has 0 aliphatic carbocycles. The van der Waals surface area contributed by atoms with Crippen molar-refractivity contribution in [3.05, 3.63) is 29.8 Å². The molecule has 2 atom stereocenters. The minimum Gasteiger partial charge on any atom is -0.480 e. The SMILES string of the molecule is CC(C)C(N)CC(=O)N1c2ccccc2CC1C(=O)O. The van der Waals surface area contributed by atoms with Crippen molar-refractivity contribution in [3.63, 3.8) is 0 Å². The highest BCUT2D eigenvalue weighted by atomic mass is 16.4. The van der Waals surface area contributed by atoms with Gasteiger partial charge in [0.25, 0.3) is 0 Å². The van der Waals surface area contributed by atoms with Crippen molar-refractivity contribution >= 4 is 17.6 Å². The Morgan fingerprint density at radius 3 is 2.65 bits per heavy atom. The number of hydrogen-bond donors (Lipinski definition) is 2. The Morgan fingerprint density at radius 2 is 2.05 bits per heavy atom. The lowest BCUT2D eigenvalue weighted by atomic mass is 10.0. The van der Waals surface area contributed by atoms with Gasteiger partial charge in [-0.2, -0.15) is 0 Å². The average molecular weight is 276 g/mol. The first-order chi connectivity index (χ1) is 9.41. The summed E-state index contributed by atoms with van der Waals surface area (Å²) >= 11 is 0. The van der Waals surface area contributed by atoms with E-state index in [1.807, 2.05) is 32.0 Å². The van der Waals surface area contributed by atoms with Crippen LogP contribution in [0.5, 0.6) is 0 Å². The van der Waals surface area contributed by atoms with Crippen molar-refractivity contribution in [2.45, 2.75) is 38.8 Å². The number of fused-ring (bicyclic) bond motifs is 1. The van der Waals surface area contributed by atoms with Crippen LogP contribution in [-0.4, -0.2) is 29.1 Å². The van der Waals surface area contributed by atoms with Crippen LogP contribution in [0, 0.1) is 5.92 Å². The Kier molecular flexibility index (Phi) is 4.09. The summed E-state index contributed by atoms with van der Waals surface area (Å²) in [5, 5.41) is 9.32. The van der Waals surface area contributed by atoms with E-state index in [1.54, 1.807) is 6.07 Å². The molecule has 0 saturated heterocycles. The molecule has 2 rings (SSSR count). The van der Waals surface area contributed by atoms with Gasteiger partial charge in [0.15, 0.2) is 0 Å². The third-order valence-corrected chi connectivity index (χ3v) is 3.80. The summed E-state index contributed by atoms with van der Waals surface area (Å²) in [6, 6.07) is 6.24. The summed E-state index contributed by atoms with van der Waals surface area (Å²) in [5.41, 5.74) is 7.52. The number of amides is 1. The van der Waals surface area contributed by atoms with Gasteiger partial charge in [-0.3, -0.25) is 9.69 Å². The number of aliphatic carboxylic acids is 1. The number of nitrogens with zero attached hydrogens (tertiary/aromatic N) is 1. The van der Waals surface area contributed by atoms with Crippen molar-refractivity contribution in [1.29, 1.82) is 0 Å². The highest BCUT2D eigenvalue weighted by Gasteiger charge is 2.38. The number of hydrogen-bond acceptors (Lipinski definition) is 3. The van der Waals surface area contributed by atoms with E-state index in [0.717, 1.165) is 5.56 Å². The third-order valence-electron chi connectivity index (χ3n) is 3.80. The molecule has 0 radical (unpaired) electrons. The molecular weight excluding hydrogens is 256 g/mol. The molecule has 5 nitrogen and oxygen atoms in total. The lowest BCUT2D eigenvalue weighted by molar-refractivity contribution is -0.140. The van der Waals surface area contributed by atoms with Crippen molar-refractivity contribution in [3.8, 4) is 0 Å². The molecule has 0 saturated carbocycles. The van der Waals surface area contributed by atoms with Gasteiger partial charge < -0.3 is 10.8 Å². The zero-order valence-electron chi connectivity index (χ0n) is 11.7. The van der Waals surface area contributed by atoms with E-state index in [-0.39, 0.29) is 24.3 Å². The normalized spacial score (nSPS) is 19.0. The monoisotopic (exact) mass is 276 g/mol. The number of anilines is 1. The van der Waals surface area contributed by atoms with Gasteiger partial charge in [-0.15, -0.1) is 0 Å². The maximum absolute atomic E-state index is 12.4. The molecule has 1 aromatic carbocycles. The van der Waals surface area contributed by atoms with Crippen molar-refractivity contribution in [2.75, 3.05) is 4.90 Å². The Balaban J connectivity index is 2.26. The van der Waals surface area contributed by atoms with Crippen LogP contribution in [0.4, 0.5) is 5.69 Å². The third kappa shape index (κ3) is 2.67. The van der Waals surface area contributed by atoms with E-state index in [2.05, 4.69) is 0 Å². The van der Waals surface area contributed by atoms with E-state index < -0.39 is 12.0 Å². The highest BCUT2D eigenvalue weighted by molar-refractivity contribution is 6.02. The van der Waals surface area contributed by atoms with Crippen molar-refractivity contribution in [2.24, 2.45) is 11.7 Å². The number of carbonyl (C=O) groups is 2. The first kappa shape index (κ1) is 14.5.